The predicted octanol–water partition coefficient (Wildman–Crippen LogP) is 5.94. The van der Waals surface area contributed by atoms with Crippen LogP contribution in [0, 0.1) is 11.6 Å². The topological polar surface area (TPSA) is 366 Å². The van der Waals surface area contributed by atoms with Crippen LogP contribution in [0.15, 0.2) is 89.3 Å². The molecule has 6 rings (SSSR count). The minimum Gasteiger partial charge on any atom is -0.488 e. The van der Waals surface area contributed by atoms with Crippen molar-refractivity contribution in [1.29, 1.82) is 0 Å². The van der Waals surface area contributed by atoms with Gasteiger partial charge in [0.2, 0.25) is 27.2 Å². The van der Waals surface area contributed by atoms with Gasteiger partial charge in [0, 0.05) is 64.4 Å². The molecule has 6 aromatic rings. The number of aromatic carboxylic acids is 1. The lowest BCUT2D eigenvalue weighted by atomic mass is 9.92. The number of benzene rings is 5. The number of nitrogens with zero attached hydrogens (tertiary/aromatic N) is 2. The number of nitrogens with one attached hydrogen (secondary N) is 1. The van der Waals surface area contributed by atoms with E-state index in [1.54, 1.807) is 0 Å². The Morgan fingerprint density at radius 3 is 1.31 bits per heavy atom. The molecule has 0 bridgehead atoms. The number of hydrogen-bond donors (Lipinski definition) is 2. The largest absolute Gasteiger partial charge is 0.488 e. The first-order chi connectivity index (χ1) is 42.8. The monoisotopic (exact) mass is 1260 g/mol. The second-order valence-electron chi connectivity index (χ2n) is 18.4. The minimum atomic E-state index is -1.64. The number of hydrogen-bond acceptors (Lipinski definition) is 26. The quantitative estimate of drug-likeness (QED) is 0.0104. The molecule has 0 spiro atoms. The summed E-state index contributed by atoms with van der Waals surface area (Å²) >= 11 is 0. The minimum absolute atomic E-state index is 0.0205. The molecule has 1 heterocycles. The van der Waals surface area contributed by atoms with Gasteiger partial charge in [0.1, 0.15) is 50.9 Å². The summed E-state index contributed by atoms with van der Waals surface area (Å²) in [6, 6.07) is 16.7. The first-order valence-corrected chi connectivity index (χ1v) is 26.2. The molecule has 0 fully saturated rings. The molecular weight excluding hydrogens is 1200 g/mol. The molecule has 90 heavy (non-hydrogen) atoms. The van der Waals surface area contributed by atoms with Gasteiger partial charge in [-0.2, -0.15) is 0 Å². The summed E-state index contributed by atoms with van der Waals surface area (Å²) in [6.45, 7) is -0.613. The number of carboxylic acid groups (broad SMARTS) is 1. The second kappa shape index (κ2) is 31.7. The zero-order valence-corrected chi connectivity index (χ0v) is 48.5. The summed E-state index contributed by atoms with van der Waals surface area (Å²) in [6.07, 6.45) is 0. The van der Waals surface area contributed by atoms with Crippen LogP contribution in [-0.2, 0) is 85.8 Å². The lowest BCUT2D eigenvalue weighted by Gasteiger charge is -2.26. The summed E-state index contributed by atoms with van der Waals surface area (Å²) in [4.78, 5) is 151. The molecular formula is C59H54F2N3O26+. The Labute approximate surface area is 506 Å². The highest BCUT2D eigenvalue weighted by atomic mass is 19.1. The van der Waals surface area contributed by atoms with Gasteiger partial charge < -0.3 is 77.1 Å². The second-order valence-corrected chi connectivity index (χ2v) is 18.4. The average Bonchev–Trinajstić information content (AvgIpc) is 0.744. The van der Waals surface area contributed by atoms with E-state index in [0.717, 1.165) is 81.7 Å². The Kier molecular flexibility index (Phi) is 23.8. The smallest absolute Gasteiger partial charge is 0.365 e. The molecule has 1 amide bonds. The van der Waals surface area contributed by atoms with E-state index in [1.807, 2.05) is 0 Å². The molecule has 0 saturated heterocycles. The number of halogens is 2. The van der Waals surface area contributed by atoms with Crippen molar-refractivity contribution in [2.24, 2.45) is 0 Å². The van der Waals surface area contributed by atoms with Gasteiger partial charge in [-0.25, -0.2) is 18.0 Å². The number of carbonyl (C=O) groups is 12. The summed E-state index contributed by atoms with van der Waals surface area (Å²) in [5, 5.41) is 13.0. The maximum Gasteiger partial charge on any atom is 0.365 e. The Morgan fingerprint density at radius 2 is 0.889 bits per heavy atom. The average molecular weight is 1260 g/mol. The SMILES string of the molecule is CC(=O)OCOC(=O)CN(CC(=O)OCOC(C)=O)c1ccccc1OCCOc1cc(NC(=O)c2ccc(-c3c4cc(F)c(OC(C)=O)cc4[o+]c4cc(OC(C)=O)c(F)cc34)c(C(=O)O)c2)ccc1N(CC(=O)OCOC(C)=O)CC(=O)OCOC(C)=O. The lowest BCUT2D eigenvalue weighted by molar-refractivity contribution is -0.167. The van der Waals surface area contributed by atoms with E-state index in [-0.39, 0.29) is 73.8 Å². The molecule has 0 aliphatic carbocycles. The third-order valence-electron chi connectivity index (χ3n) is 11.7. The molecule has 0 atom stereocenters. The van der Waals surface area contributed by atoms with Crippen LogP contribution in [0.1, 0.15) is 62.3 Å². The number of esters is 10. The van der Waals surface area contributed by atoms with Crippen LogP contribution in [0.2, 0.25) is 0 Å². The Hall–Kier alpha value is -11.5. The fourth-order valence-electron chi connectivity index (χ4n) is 8.02. The number of amides is 1. The molecule has 5 aromatic carbocycles. The van der Waals surface area contributed by atoms with E-state index >= 15 is 8.78 Å². The van der Waals surface area contributed by atoms with Gasteiger partial charge in [0.15, 0.2) is 23.1 Å². The van der Waals surface area contributed by atoms with E-state index in [4.69, 9.17) is 51.8 Å². The maximum atomic E-state index is 15.6. The third-order valence-corrected chi connectivity index (χ3v) is 11.7. The molecule has 0 saturated carbocycles. The van der Waals surface area contributed by atoms with E-state index in [9.17, 15) is 62.6 Å². The zero-order chi connectivity index (χ0) is 65.8. The highest BCUT2D eigenvalue weighted by Crippen LogP contribution is 2.43. The van der Waals surface area contributed by atoms with Crippen LogP contribution < -0.4 is 34.1 Å². The van der Waals surface area contributed by atoms with Gasteiger partial charge in [-0.15, -0.1) is 0 Å². The highest BCUT2D eigenvalue weighted by Gasteiger charge is 2.30. The molecule has 2 N–H and O–H groups in total. The van der Waals surface area contributed by atoms with Crippen LogP contribution in [0.4, 0.5) is 25.8 Å². The van der Waals surface area contributed by atoms with Crippen molar-refractivity contribution < 1.29 is 133 Å². The summed E-state index contributed by atoms with van der Waals surface area (Å²) in [5.41, 5.74) is -1.77. The summed E-state index contributed by atoms with van der Waals surface area (Å²) in [5.74, 6) is -15.2. The molecule has 29 nitrogen and oxygen atoms in total. The van der Waals surface area contributed by atoms with Gasteiger partial charge >= 0.3 is 76.8 Å². The predicted molar refractivity (Wildman–Crippen MR) is 300 cm³/mol. The number of para-hydroxylation sites is 2. The molecule has 0 aliphatic heterocycles. The van der Waals surface area contributed by atoms with Crippen LogP contribution >= 0.6 is 0 Å². The van der Waals surface area contributed by atoms with Crippen LogP contribution in [0.25, 0.3) is 33.1 Å². The van der Waals surface area contributed by atoms with E-state index in [1.165, 1.54) is 54.6 Å². The van der Waals surface area contributed by atoms with Crippen molar-refractivity contribution in [3.63, 3.8) is 0 Å². The van der Waals surface area contributed by atoms with Crippen LogP contribution in [-0.4, -0.2) is 143 Å². The molecule has 1 aromatic heterocycles. The number of carboxylic acids is 1. The van der Waals surface area contributed by atoms with E-state index in [0.29, 0.717) is 0 Å². The summed E-state index contributed by atoms with van der Waals surface area (Å²) < 4.78 is 98.2. The standard InChI is InChI=1S/C59H53F2N3O26/c1-31(65)80-27-84-53(71)23-63(24-54(72)85-28-81-32(2)66)45-9-7-8-10-47(45)78-15-16-79-52-18-38(12-14-46(52)64(25-55(73)86-29-82-33(3)67)26-56(74)87-30-83-34(4)68)62-58(75)37-11-13-39(40(17-37)59(76)77)57-41-19-43(60)50(88-35(5)69)21-48(41)90-49-22-51(89-36(6)70)44(61)20-42(49)57/h7-14,17-22H,15-16,23-30H2,1-6H3,(H-,62,75,76,77)/p+1. The van der Waals surface area contributed by atoms with E-state index < -0.39 is 160 Å². The molecule has 0 unspecified atom stereocenters. The molecule has 0 radical (unpaired) electrons. The molecule has 0 aliphatic rings. The number of rotatable bonds is 29. The van der Waals surface area contributed by atoms with Crippen molar-refractivity contribution in [3.05, 3.63) is 108 Å². The molecule has 31 heteroatoms. The number of anilines is 3. The zero-order valence-electron chi connectivity index (χ0n) is 48.5. The van der Waals surface area contributed by atoms with Crippen molar-refractivity contribution in [3.8, 4) is 34.1 Å². The van der Waals surface area contributed by atoms with Crippen molar-refractivity contribution in [2.75, 3.05) is 81.7 Å². The molecule has 474 valence electrons. The Morgan fingerprint density at radius 1 is 0.467 bits per heavy atom. The van der Waals surface area contributed by atoms with Crippen LogP contribution in [0.3, 0.4) is 0 Å². The van der Waals surface area contributed by atoms with Gasteiger partial charge in [-0.3, -0.25) is 52.7 Å². The van der Waals surface area contributed by atoms with Crippen LogP contribution in [0.5, 0.6) is 23.0 Å². The van der Waals surface area contributed by atoms with Gasteiger partial charge in [0.05, 0.1) is 39.8 Å². The lowest BCUT2D eigenvalue weighted by Crippen LogP contribution is -2.37. The Bertz CT molecular complexity index is 3650. The van der Waals surface area contributed by atoms with Crippen molar-refractivity contribution in [1.82, 2.24) is 0 Å². The third kappa shape index (κ3) is 19.8. The van der Waals surface area contributed by atoms with Gasteiger partial charge in [0.25, 0.3) is 5.91 Å². The fourth-order valence-corrected chi connectivity index (χ4v) is 8.02. The number of ether oxygens (including phenoxy) is 12. The maximum absolute atomic E-state index is 15.6. The van der Waals surface area contributed by atoms with Gasteiger partial charge in [-0.05, 0) is 54.1 Å². The first kappa shape index (κ1) is 67.6. The number of carbonyl (C=O) groups excluding carboxylic acids is 11. The number of fused-ring (bicyclic) bond motifs is 2. The normalized spacial score (nSPS) is 10.6. The summed E-state index contributed by atoms with van der Waals surface area (Å²) in [7, 11) is 0. The van der Waals surface area contributed by atoms with E-state index in [2.05, 4.69) is 14.8 Å². The van der Waals surface area contributed by atoms with Crippen molar-refractivity contribution in [2.45, 2.75) is 41.5 Å². The Balaban J connectivity index is 1.38. The van der Waals surface area contributed by atoms with Crippen molar-refractivity contribution >= 4 is 111 Å². The first-order valence-electron chi connectivity index (χ1n) is 26.2. The highest BCUT2D eigenvalue weighted by molar-refractivity contribution is 6.14. The fraction of sp³-hybridized carbons (Fsp3) is 0.271. The van der Waals surface area contributed by atoms with Gasteiger partial charge in [-0.1, -0.05) is 18.2 Å².